The molecular formula is C15H14BrN5O. The summed E-state index contributed by atoms with van der Waals surface area (Å²) < 4.78 is 6.06. The topological polar surface area (TPSA) is 75.9 Å². The van der Waals surface area contributed by atoms with E-state index in [1.54, 1.807) is 6.07 Å². The predicted molar refractivity (Wildman–Crippen MR) is 88.7 cm³/mol. The first kappa shape index (κ1) is 14.5. The van der Waals surface area contributed by atoms with Gasteiger partial charge < -0.3 is 15.2 Å². The van der Waals surface area contributed by atoms with E-state index >= 15 is 0 Å². The highest BCUT2D eigenvalue weighted by atomic mass is 79.9. The molecule has 2 aromatic heterocycles. The molecule has 0 atom stereocenters. The van der Waals surface area contributed by atoms with Crippen LogP contribution in [0.4, 0.5) is 23.1 Å². The van der Waals surface area contributed by atoms with E-state index in [1.165, 1.54) is 0 Å². The number of hydrogen-bond acceptors (Lipinski definition) is 6. The fourth-order valence-electron chi connectivity index (χ4n) is 1.93. The third kappa shape index (κ3) is 3.62. The summed E-state index contributed by atoms with van der Waals surface area (Å²) in [7, 11) is 0. The van der Waals surface area contributed by atoms with Crippen LogP contribution in [0.5, 0.6) is 0 Å². The van der Waals surface area contributed by atoms with E-state index in [0.717, 1.165) is 15.9 Å². The Kier molecular flexibility index (Phi) is 4.06. The van der Waals surface area contributed by atoms with Gasteiger partial charge in [0.1, 0.15) is 23.2 Å². The van der Waals surface area contributed by atoms with Crippen LogP contribution in [0.2, 0.25) is 0 Å². The van der Waals surface area contributed by atoms with Crippen LogP contribution in [0, 0.1) is 13.8 Å². The number of hydrogen-bond donors (Lipinski definition) is 2. The Labute approximate surface area is 136 Å². The van der Waals surface area contributed by atoms with Crippen LogP contribution in [-0.4, -0.2) is 15.1 Å². The van der Waals surface area contributed by atoms with Gasteiger partial charge in [-0.05, 0) is 38.1 Å². The molecule has 0 spiro atoms. The van der Waals surface area contributed by atoms with Gasteiger partial charge in [0.25, 0.3) is 0 Å². The zero-order valence-corrected chi connectivity index (χ0v) is 13.7. The average molecular weight is 360 g/mol. The molecule has 0 radical (unpaired) electrons. The fourth-order valence-corrected chi connectivity index (χ4v) is 2.20. The van der Waals surface area contributed by atoms with Crippen molar-refractivity contribution in [3.63, 3.8) is 0 Å². The molecule has 0 aliphatic rings. The second-order valence-corrected chi connectivity index (χ2v) is 5.68. The van der Waals surface area contributed by atoms with Crippen LogP contribution in [0.25, 0.3) is 0 Å². The predicted octanol–water partition coefficient (Wildman–Crippen LogP) is 4.33. The summed E-state index contributed by atoms with van der Waals surface area (Å²) in [6.45, 7) is 3.68. The van der Waals surface area contributed by atoms with Gasteiger partial charge in [-0.15, -0.1) is 0 Å². The van der Waals surface area contributed by atoms with Gasteiger partial charge in [-0.2, -0.15) is 0 Å². The van der Waals surface area contributed by atoms with Crippen molar-refractivity contribution < 1.29 is 4.52 Å². The van der Waals surface area contributed by atoms with E-state index < -0.39 is 0 Å². The molecule has 7 heteroatoms. The highest BCUT2D eigenvalue weighted by molar-refractivity contribution is 9.10. The molecule has 0 saturated carbocycles. The Hall–Kier alpha value is -2.41. The Morgan fingerprint density at radius 3 is 2.23 bits per heavy atom. The van der Waals surface area contributed by atoms with Crippen molar-refractivity contribution in [2.45, 2.75) is 13.8 Å². The maximum atomic E-state index is 5.03. The number of aromatic nitrogens is 3. The van der Waals surface area contributed by atoms with E-state index in [-0.39, 0.29) is 0 Å². The Bertz CT molecular complexity index is 785. The van der Waals surface area contributed by atoms with Crippen molar-refractivity contribution in [3.05, 3.63) is 52.5 Å². The summed E-state index contributed by atoms with van der Waals surface area (Å²) in [4.78, 5) is 8.72. The summed E-state index contributed by atoms with van der Waals surface area (Å²) in [6, 6.07) is 11.5. The van der Waals surface area contributed by atoms with Gasteiger partial charge in [-0.3, -0.25) is 0 Å². The number of anilines is 4. The minimum absolute atomic E-state index is 0.616. The van der Waals surface area contributed by atoms with Gasteiger partial charge in [0.2, 0.25) is 0 Å². The third-order valence-corrected chi connectivity index (χ3v) is 3.37. The lowest BCUT2D eigenvalue weighted by molar-refractivity contribution is 0.400. The standard InChI is InChI=1S/C15H14BrN5O/c1-9-7-15(21-22-9)20-14-8-13(17-10(2)18-14)19-12-5-3-11(16)4-6-12/h3-8H,1-2H3,(H2,17,18,19,20,21). The van der Waals surface area contributed by atoms with E-state index in [4.69, 9.17) is 4.52 Å². The van der Waals surface area contributed by atoms with E-state index in [9.17, 15) is 0 Å². The van der Waals surface area contributed by atoms with E-state index in [1.807, 2.05) is 44.2 Å². The Morgan fingerprint density at radius 1 is 0.909 bits per heavy atom. The largest absolute Gasteiger partial charge is 0.360 e. The molecule has 0 aliphatic carbocycles. The number of benzene rings is 1. The van der Waals surface area contributed by atoms with Crippen molar-refractivity contribution in [3.8, 4) is 0 Å². The first-order valence-electron chi connectivity index (χ1n) is 6.67. The van der Waals surface area contributed by atoms with Crippen molar-refractivity contribution in [1.82, 2.24) is 15.1 Å². The minimum Gasteiger partial charge on any atom is -0.360 e. The highest BCUT2D eigenvalue weighted by Gasteiger charge is 2.06. The third-order valence-electron chi connectivity index (χ3n) is 2.84. The SMILES string of the molecule is Cc1nc(Nc2ccc(Br)cc2)cc(Nc2cc(C)on2)n1. The summed E-state index contributed by atoms with van der Waals surface area (Å²) in [5.41, 5.74) is 0.949. The van der Waals surface area contributed by atoms with Crippen molar-refractivity contribution >= 4 is 39.1 Å². The summed E-state index contributed by atoms with van der Waals surface area (Å²) in [5, 5.41) is 10.2. The van der Waals surface area contributed by atoms with Gasteiger partial charge in [-0.25, -0.2) is 9.97 Å². The van der Waals surface area contributed by atoms with Gasteiger partial charge in [-0.1, -0.05) is 21.1 Å². The van der Waals surface area contributed by atoms with Gasteiger partial charge >= 0.3 is 0 Å². The summed E-state index contributed by atoms with van der Waals surface area (Å²) in [5.74, 6) is 3.37. The second kappa shape index (κ2) is 6.15. The lowest BCUT2D eigenvalue weighted by atomic mass is 10.3. The molecule has 22 heavy (non-hydrogen) atoms. The molecule has 0 amide bonds. The molecule has 3 aromatic rings. The normalized spacial score (nSPS) is 10.5. The number of rotatable bonds is 4. The van der Waals surface area contributed by atoms with Crippen molar-refractivity contribution in [2.24, 2.45) is 0 Å². The zero-order valence-electron chi connectivity index (χ0n) is 12.1. The quantitative estimate of drug-likeness (QED) is 0.721. The van der Waals surface area contributed by atoms with E-state index in [2.05, 4.69) is 41.7 Å². The fraction of sp³-hybridized carbons (Fsp3) is 0.133. The van der Waals surface area contributed by atoms with Crippen LogP contribution in [0.15, 0.2) is 45.4 Å². The summed E-state index contributed by atoms with van der Waals surface area (Å²) in [6.07, 6.45) is 0. The van der Waals surface area contributed by atoms with Crippen LogP contribution in [-0.2, 0) is 0 Å². The van der Waals surface area contributed by atoms with Crippen LogP contribution >= 0.6 is 15.9 Å². The molecule has 0 aliphatic heterocycles. The summed E-state index contributed by atoms with van der Waals surface area (Å²) >= 11 is 3.41. The molecule has 0 fully saturated rings. The molecular weight excluding hydrogens is 346 g/mol. The number of halogens is 1. The molecule has 112 valence electrons. The van der Waals surface area contributed by atoms with Crippen LogP contribution in [0.1, 0.15) is 11.6 Å². The monoisotopic (exact) mass is 359 g/mol. The molecule has 0 saturated heterocycles. The second-order valence-electron chi connectivity index (χ2n) is 4.77. The lowest BCUT2D eigenvalue weighted by Crippen LogP contribution is -2.01. The molecule has 0 bridgehead atoms. The number of nitrogens with one attached hydrogen (secondary N) is 2. The molecule has 2 heterocycles. The maximum Gasteiger partial charge on any atom is 0.175 e. The van der Waals surface area contributed by atoms with Crippen LogP contribution < -0.4 is 10.6 Å². The van der Waals surface area contributed by atoms with E-state index in [0.29, 0.717) is 23.3 Å². The van der Waals surface area contributed by atoms with Gasteiger partial charge in [0.15, 0.2) is 5.82 Å². The highest BCUT2D eigenvalue weighted by Crippen LogP contribution is 2.21. The number of aryl methyl sites for hydroxylation is 2. The van der Waals surface area contributed by atoms with Crippen molar-refractivity contribution in [1.29, 1.82) is 0 Å². The Morgan fingerprint density at radius 2 is 1.59 bits per heavy atom. The molecule has 6 nitrogen and oxygen atoms in total. The lowest BCUT2D eigenvalue weighted by Gasteiger charge is -2.09. The molecule has 2 N–H and O–H groups in total. The van der Waals surface area contributed by atoms with Gasteiger partial charge in [0.05, 0.1) is 0 Å². The first-order valence-corrected chi connectivity index (χ1v) is 7.46. The molecule has 1 aromatic carbocycles. The Balaban J connectivity index is 1.81. The zero-order chi connectivity index (χ0) is 15.5. The van der Waals surface area contributed by atoms with Crippen molar-refractivity contribution in [2.75, 3.05) is 10.6 Å². The molecule has 3 rings (SSSR count). The minimum atomic E-state index is 0.616. The molecule has 0 unspecified atom stereocenters. The van der Waals surface area contributed by atoms with Gasteiger partial charge in [0, 0.05) is 22.3 Å². The maximum absolute atomic E-state index is 5.03. The smallest absolute Gasteiger partial charge is 0.175 e. The average Bonchev–Trinajstić information content (AvgIpc) is 2.86. The first-order chi connectivity index (χ1) is 10.6. The van der Waals surface area contributed by atoms with Crippen LogP contribution in [0.3, 0.4) is 0 Å². The number of nitrogens with zero attached hydrogens (tertiary/aromatic N) is 3.